The highest BCUT2D eigenvalue weighted by Crippen LogP contribution is 2.50. The van der Waals surface area contributed by atoms with Gasteiger partial charge in [0.25, 0.3) is 0 Å². The van der Waals surface area contributed by atoms with Crippen LogP contribution in [0.2, 0.25) is 0 Å². The summed E-state index contributed by atoms with van der Waals surface area (Å²) in [5.41, 5.74) is 8.58. The van der Waals surface area contributed by atoms with E-state index in [9.17, 15) is 0 Å². The second-order valence-corrected chi connectivity index (χ2v) is 4.00. The molecular weight excluding hydrogens is 160 g/mol. The van der Waals surface area contributed by atoms with Gasteiger partial charge in [0.1, 0.15) is 0 Å². The Hall–Kier alpha value is -0.890. The van der Waals surface area contributed by atoms with Gasteiger partial charge in [-0.15, -0.1) is 0 Å². The fourth-order valence-corrected chi connectivity index (χ4v) is 1.99. The van der Waals surface area contributed by atoms with Crippen molar-refractivity contribution in [1.29, 1.82) is 0 Å². The first-order valence-electron chi connectivity index (χ1n) is 4.90. The number of rotatable bonds is 3. The van der Waals surface area contributed by atoms with E-state index in [0.29, 0.717) is 5.41 Å². The molecule has 1 aliphatic rings. The van der Waals surface area contributed by atoms with Gasteiger partial charge >= 0.3 is 0 Å². The van der Waals surface area contributed by atoms with Crippen LogP contribution in [0.15, 0.2) is 18.3 Å². The number of pyridine rings is 1. The number of nitrogens with zero attached hydrogens (tertiary/aromatic N) is 1. The van der Waals surface area contributed by atoms with Crippen LogP contribution in [-0.4, -0.2) is 11.5 Å². The standard InChI is InChI=1S/C11H16N2/c1-9-8-10(2-7-13-9)11(3-4-11)5-6-12/h2,7-8H,3-6,12H2,1H3. The molecule has 2 rings (SSSR count). The smallest absolute Gasteiger partial charge is 0.0375 e. The molecule has 0 aliphatic heterocycles. The molecule has 1 fully saturated rings. The summed E-state index contributed by atoms with van der Waals surface area (Å²) in [6.07, 6.45) is 5.62. The monoisotopic (exact) mass is 176 g/mol. The van der Waals surface area contributed by atoms with Gasteiger partial charge in [0.2, 0.25) is 0 Å². The van der Waals surface area contributed by atoms with Crippen molar-refractivity contribution in [3.8, 4) is 0 Å². The third kappa shape index (κ3) is 1.59. The van der Waals surface area contributed by atoms with Gasteiger partial charge in [-0.2, -0.15) is 0 Å². The molecule has 1 heterocycles. The summed E-state index contributed by atoms with van der Waals surface area (Å²) in [5.74, 6) is 0. The van der Waals surface area contributed by atoms with Gasteiger partial charge in [0.05, 0.1) is 0 Å². The highest BCUT2D eigenvalue weighted by Gasteiger charge is 2.43. The van der Waals surface area contributed by atoms with E-state index in [-0.39, 0.29) is 0 Å². The summed E-state index contributed by atoms with van der Waals surface area (Å²) in [4.78, 5) is 4.21. The lowest BCUT2D eigenvalue weighted by Crippen LogP contribution is -2.13. The first kappa shape index (κ1) is 8.70. The molecule has 2 heteroatoms. The molecule has 2 nitrogen and oxygen atoms in total. The third-order valence-electron chi connectivity index (χ3n) is 2.99. The van der Waals surface area contributed by atoms with Crippen LogP contribution in [0.3, 0.4) is 0 Å². The van der Waals surface area contributed by atoms with Crippen molar-refractivity contribution in [3.05, 3.63) is 29.6 Å². The predicted molar refractivity (Wildman–Crippen MR) is 53.6 cm³/mol. The van der Waals surface area contributed by atoms with E-state index in [0.717, 1.165) is 18.7 Å². The molecule has 70 valence electrons. The minimum absolute atomic E-state index is 0.419. The molecule has 0 unspecified atom stereocenters. The lowest BCUT2D eigenvalue weighted by molar-refractivity contribution is 0.627. The molecule has 0 radical (unpaired) electrons. The fourth-order valence-electron chi connectivity index (χ4n) is 1.99. The van der Waals surface area contributed by atoms with Crippen LogP contribution < -0.4 is 5.73 Å². The SMILES string of the molecule is Cc1cc(C2(CCN)CC2)ccn1. The molecule has 2 N–H and O–H groups in total. The Morgan fingerprint density at radius 3 is 2.85 bits per heavy atom. The van der Waals surface area contributed by atoms with Crippen molar-refractivity contribution in [1.82, 2.24) is 4.98 Å². The average molecular weight is 176 g/mol. The maximum absolute atomic E-state index is 5.61. The summed E-state index contributed by atoms with van der Waals surface area (Å²) < 4.78 is 0. The second kappa shape index (κ2) is 3.11. The van der Waals surface area contributed by atoms with E-state index >= 15 is 0 Å². The molecular formula is C11H16N2. The highest BCUT2D eigenvalue weighted by molar-refractivity contribution is 5.31. The number of aryl methyl sites for hydroxylation is 1. The van der Waals surface area contributed by atoms with Crippen LogP contribution in [0.25, 0.3) is 0 Å². The molecule has 1 aromatic heterocycles. The van der Waals surface area contributed by atoms with Gasteiger partial charge in [-0.1, -0.05) is 0 Å². The molecule has 0 bridgehead atoms. The first-order valence-corrected chi connectivity index (χ1v) is 4.90. The molecule has 13 heavy (non-hydrogen) atoms. The molecule has 1 aliphatic carbocycles. The largest absolute Gasteiger partial charge is 0.330 e. The zero-order chi connectivity index (χ0) is 9.31. The zero-order valence-corrected chi connectivity index (χ0v) is 8.09. The maximum atomic E-state index is 5.61. The molecule has 0 saturated heterocycles. The van der Waals surface area contributed by atoms with Crippen LogP contribution >= 0.6 is 0 Å². The summed E-state index contributed by atoms with van der Waals surface area (Å²) in [6, 6.07) is 4.33. The Balaban J connectivity index is 2.25. The Bertz CT molecular complexity index is 303. The van der Waals surface area contributed by atoms with Gasteiger partial charge < -0.3 is 5.73 Å². The van der Waals surface area contributed by atoms with E-state index in [1.54, 1.807) is 0 Å². The van der Waals surface area contributed by atoms with Crippen LogP contribution in [-0.2, 0) is 5.41 Å². The number of aromatic nitrogens is 1. The number of hydrogen-bond acceptors (Lipinski definition) is 2. The maximum Gasteiger partial charge on any atom is 0.0375 e. The molecule has 0 aromatic carbocycles. The first-order chi connectivity index (χ1) is 6.27. The Morgan fingerprint density at radius 1 is 1.54 bits per heavy atom. The highest BCUT2D eigenvalue weighted by atomic mass is 14.7. The minimum Gasteiger partial charge on any atom is -0.330 e. The van der Waals surface area contributed by atoms with Crippen molar-refractivity contribution in [2.75, 3.05) is 6.54 Å². The van der Waals surface area contributed by atoms with Gasteiger partial charge in [-0.25, -0.2) is 0 Å². The second-order valence-electron chi connectivity index (χ2n) is 4.00. The Kier molecular flexibility index (Phi) is 2.08. The summed E-state index contributed by atoms with van der Waals surface area (Å²) in [6.45, 7) is 2.84. The number of hydrogen-bond donors (Lipinski definition) is 1. The van der Waals surface area contributed by atoms with Gasteiger partial charge in [0, 0.05) is 11.9 Å². The zero-order valence-electron chi connectivity index (χ0n) is 8.09. The topological polar surface area (TPSA) is 38.9 Å². The normalized spacial score (nSPS) is 18.6. The van der Waals surface area contributed by atoms with Crippen molar-refractivity contribution < 1.29 is 0 Å². The van der Waals surface area contributed by atoms with E-state index in [1.165, 1.54) is 18.4 Å². The Morgan fingerprint density at radius 2 is 2.31 bits per heavy atom. The molecule has 0 spiro atoms. The van der Waals surface area contributed by atoms with Crippen molar-refractivity contribution >= 4 is 0 Å². The lowest BCUT2D eigenvalue weighted by atomic mass is 9.93. The van der Waals surface area contributed by atoms with Crippen molar-refractivity contribution in [2.45, 2.75) is 31.6 Å². The van der Waals surface area contributed by atoms with E-state index in [4.69, 9.17) is 5.73 Å². The molecule has 0 amide bonds. The van der Waals surface area contributed by atoms with Crippen molar-refractivity contribution in [2.24, 2.45) is 5.73 Å². The quantitative estimate of drug-likeness (QED) is 0.762. The number of nitrogens with two attached hydrogens (primary N) is 1. The van der Waals surface area contributed by atoms with Gasteiger partial charge in [-0.05, 0) is 55.8 Å². The van der Waals surface area contributed by atoms with Gasteiger partial charge in [0.15, 0.2) is 0 Å². The summed E-state index contributed by atoms with van der Waals surface area (Å²) in [7, 11) is 0. The lowest BCUT2D eigenvalue weighted by Gasteiger charge is -2.14. The summed E-state index contributed by atoms with van der Waals surface area (Å²) in [5, 5.41) is 0. The van der Waals surface area contributed by atoms with Crippen LogP contribution in [0.4, 0.5) is 0 Å². The van der Waals surface area contributed by atoms with E-state index < -0.39 is 0 Å². The summed E-state index contributed by atoms with van der Waals surface area (Å²) >= 11 is 0. The average Bonchev–Trinajstić information content (AvgIpc) is 2.86. The van der Waals surface area contributed by atoms with Crippen molar-refractivity contribution in [3.63, 3.8) is 0 Å². The molecule has 1 saturated carbocycles. The minimum atomic E-state index is 0.419. The van der Waals surface area contributed by atoms with Crippen LogP contribution in [0.5, 0.6) is 0 Å². The van der Waals surface area contributed by atoms with Gasteiger partial charge in [-0.3, -0.25) is 4.98 Å². The predicted octanol–water partition coefficient (Wildman–Crippen LogP) is 1.77. The molecule has 0 atom stereocenters. The van der Waals surface area contributed by atoms with E-state index in [1.807, 2.05) is 13.1 Å². The molecule has 1 aromatic rings. The fraction of sp³-hybridized carbons (Fsp3) is 0.545. The van der Waals surface area contributed by atoms with Crippen LogP contribution in [0, 0.1) is 6.92 Å². The Labute approximate surface area is 79.2 Å². The third-order valence-corrected chi connectivity index (χ3v) is 2.99. The van der Waals surface area contributed by atoms with E-state index in [2.05, 4.69) is 17.1 Å². The van der Waals surface area contributed by atoms with Crippen LogP contribution in [0.1, 0.15) is 30.5 Å².